The van der Waals surface area contributed by atoms with Crippen LogP contribution in [0.1, 0.15) is 12.7 Å². The monoisotopic (exact) mass is 181 g/mol. The van der Waals surface area contributed by atoms with Crippen molar-refractivity contribution in [3.63, 3.8) is 0 Å². The Bertz CT molecular complexity index is 301. The molecule has 0 aromatic carbocycles. The van der Waals surface area contributed by atoms with Crippen molar-refractivity contribution in [1.29, 1.82) is 0 Å². The van der Waals surface area contributed by atoms with Crippen molar-refractivity contribution in [3.05, 3.63) is 35.9 Å². The highest BCUT2D eigenvalue weighted by Crippen LogP contribution is 1.99. The van der Waals surface area contributed by atoms with E-state index in [1.54, 1.807) is 19.3 Å². The van der Waals surface area contributed by atoms with Gasteiger partial charge < -0.3 is 14.8 Å². The molecule has 0 aliphatic heterocycles. The lowest BCUT2D eigenvalue weighted by Crippen LogP contribution is -2.11. The molecule has 2 N–H and O–H groups in total. The predicted molar refractivity (Wildman–Crippen MR) is 46.9 cm³/mol. The quantitative estimate of drug-likeness (QED) is 0.688. The average Bonchev–Trinajstić information content (AvgIpc) is 2.51. The van der Waals surface area contributed by atoms with Gasteiger partial charge in [0, 0.05) is 11.8 Å². The third-order valence-electron chi connectivity index (χ3n) is 1.46. The van der Waals surface area contributed by atoms with Crippen LogP contribution in [0.15, 0.2) is 34.6 Å². The van der Waals surface area contributed by atoms with Gasteiger partial charge in [0.25, 0.3) is 0 Å². The molecule has 0 aliphatic carbocycles. The van der Waals surface area contributed by atoms with Gasteiger partial charge in [0.1, 0.15) is 5.76 Å². The Kier molecular flexibility index (Phi) is 3.14. The molecule has 0 saturated carbocycles. The number of carboxylic acid groups (broad SMARTS) is 1. The SMILES string of the molecule is C/C(=C/C(=O)O)NCc1ccco1. The van der Waals surface area contributed by atoms with Crippen molar-refractivity contribution in [2.24, 2.45) is 0 Å². The number of hydrogen-bond acceptors (Lipinski definition) is 3. The minimum atomic E-state index is -0.954. The number of allylic oxidation sites excluding steroid dienone is 1. The first-order valence-corrected chi connectivity index (χ1v) is 3.86. The van der Waals surface area contributed by atoms with Crippen LogP contribution in [0.3, 0.4) is 0 Å². The summed E-state index contributed by atoms with van der Waals surface area (Å²) in [5.41, 5.74) is 0.601. The van der Waals surface area contributed by atoms with E-state index in [-0.39, 0.29) is 0 Å². The summed E-state index contributed by atoms with van der Waals surface area (Å²) in [4.78, 5) is 10.2. The molecule has 0 unspecified atom stereocenters. The number of nitrogens with one attached hydrogen (secondary N) is 1. The summed E-state index contributed by atoms with van der Waals surface area (Å²) >= 11 is 0. The molecule has 0 amide bonds. The lowest BCUT2D eigenvalue weighted by atomic mass is 10.4. The number of hydrogen-bond donors (Lipinski definition) is 2. The van der Waals surface area contributed by atoms with Crippen LogP contribution in [-0.4, -0.2) is 11.1 Å². The molecule has 4 heteroatoms. The van der Waals surface area contributed by atoms with Crippen LogP contribution in [0.5, 0.6) is 0 Å². The lowest BCUT2D eigenvalue weighted by Gasteiger charge is -2.02. The Morgan fingerprint density at radius 1 is 1.77 bits per heavy atom. The molecule has 1 aromatic heterocycles. The van der Waals surface area contributed by atoms with Gasteiger partial charge >= 0.3 is 5.97 Å². The standard InChI is InChI=1S/C9H11NO3/c1-7(5-9(11)12)10-6-8-3-2-4-13-8/h2-5,10H,6H2,1H3,(H,11,12)/b7-5-. The topological polar surface area (TPSA) is 62.5 Å². The van der Waals surface area contributed by atoms with Crippen molar-refractivity contribution in [1.82, 2.24) is 5.32 Å². The highest BCUT2D eigenvalue weighted by molar-refractivity contribution is 5.80. The van der Waals surface area contributed by atoms with Crippen molar-refractivity contribution in [3.8, 4) is 0 Å². The Labute approximate surface area is 75.9 Å². The third-order valence-corrected chi connectivity index (χ3v) is 1.46. The zero-order chi connectivity index (χ0) is 9.68. The molecular weight excluding hydrogens is 170 g/mol. The maximum atomic E-state index is 10.2. The molecule has 1 heterocycles. The highest BCUT2D eigenvalue weighted by atomic mass is 16.4. The van der Waals surface area contributed by atoms with E-state index in [0.29, 0.717) is 12.2 Å². The van der Waals surface area contributed by atoms with E-state index < -0.39 is 5.97 Å². The summed E-state index contributed by atoms with van der Waals surface area (Å²) in [6, 6.07) is 3.61. The molecule has 0 radical (unpaired) electrons. The molecule has 0 aliphatic rings. The summed E-state index contributed by atoms with van der Waals surface area (Å²) in [5, 5.41) is 11.3. The Hall–Kier alpha value is -1.71. The fourth-order valence-corrected chi connectivity index (χ4v) is 0.876. The first kappa shape index (κ1) is 9.38. The van der Waals surface area contributed by atoms with Crippen LogP contribution in [0.25, 0.3) is 0 Å². The van der Waals surface area contributed by atoms with E-state index in [9.17, 15) is 4.79 Å². The maximum absolute atomic E-state index is 10.2. The number of rotatable bonds is 4. The summed E-state index contributed by atoms with van der Waals surface area (Å²) in [5.74, 6) is -0.178. The molecule has 13 heavy (non-hydrogen) atoms. The summed E-state index contributed by atoms with van der Waals surface area (Å²) in [7, 11) is 0. The van der Waals surface area contributed by atoms with E-state index in [2.05, 4.69) is 5.32 Å². The second-order valence-electron chi connectivity index (χ2n) is 2.60. The number of aliphatic carboxylic acids is 1. The largest absolute Gasteiger partial charge is 0.478 e. The van der Waals surface area contributed by atoms with Crippen LogP contribution in [0.4, 0.5) is 0 Å². The van der Waals surface area contributed by atoms with Crippen molar-refractivity contribution < 1.29 is 14.3 Å². The van der Waals surface area contributed by atoms with Gasteiger partial charge in [-0.3, -0.25) is 0 Å². The van der Waals surface area contributed by atoms with Crippen LogP contribution < -0.4 is 5.32 Å². The lowest BCUT2D eigenvalue weighted by molar-refractivity contribution is -0.131. The van der Waals surface area contributed by atoms with Gasteiger partial charge in [-0.1, -0.05) is 0 Å². The molecule has 0 fully saturated rings. The van der Waals surface area contributed by atoms with Gasteiger partial charge in [-0.25, -0.2) is 4.79 Å². The minimum Gasteiger partial charge on any atom is -0.478 e. The number of carbonyl (C=O) groups is 1. The van der Waals surface area contributed by atoms with E-state index >= 15 is 0 Å². The molecular formula is C9H11NO3. The fourth-order valence-electron chi connectivity index (χ4n) is 0.876. The van der Waals surface area contributed by atoms with Gasteiger partial charge in [0.15, 0.2) is 0 Å². The second kappa shape index (κ2) is 4.35. The zero-order valence-corrected chi connectivity index (χ0v) is 7.28. The normalized spacial score (nSPS) is 11.3. The molecule has 4 nitrogen and oxygen atoms in total. The Balaban J connectivity index is 2.39. The molecule has 0 bridgehead atoms. The minimum absolute atomic E-state index is 0.503. The van der Waals surface area contributed by atoms with Gasteiger partial charge in [-0.05, 0) is 19.1 Å². The number of carboxylic acids is 1. The van der Waals surface area contributed by atoms with Crippen LogP contribution in [-0.2, 0) is 11.3 Å². The summed E-state index contributed by atoms with van der Waals surface area (Å²) in [6.07, 6.45) is 2.69. The van der Waals surface area contributed by atoms with E-state index in [0.717, 1.165) is 11.8 Å². The average molecular weight is 181 g/mol. The van der Waals surface area contributed by atoms with Crippen molar-refractivity contribution in [2.45, 2.75) is 13.5 Å². The summed E-state index contributed by atoms with van der Waals surface area (Å²) < 4.78 is 5.05. The van der Waals surface area contributed by atoms with Crippen LogP contribution in [0.2, 0.25) is 0 Å². The third kappa shape index (κ3) is 3.46. The predicted octanol–water partition coefficient (Wildman–Crippen LogP) is 1.36. The van der Waals surface area contributed by atoms with Gasteiger partial charge in [-0.2, -0.15) is 0 Å². The van der Waals surface area contributed by atoms with Gasteiger partial charge in [-0.15, -0.1) is 0 Å². The Morgan fingerprint density at radius 2 is 2.54 bits per heavy atom. The van der Waals surface area contributed by atoms with Crippen molar-refractivity contribution >= 4 is 5.97 Å². The molecule has 70 valence electrons. The molecule has 1 aromatic rings. The van der Waals surface area contributed by atoms with E-state index in [1.165, 1.54) is 0 Å². The Morgan fingerprint density at radius 3 is 3.08 bits per heavy atom. The summed E-state index contributed by atoms with van der Waals surface area (Å²) in [6.45, 7) is 2.19. The van der Waals surface area contributed by atoms with Crippen LogP contribution >= 0.6 is 0 Å². The molecule has 0 saturated heterocycles. The van der Waals surface area contributed by atoms with Crippen LogP contribution in [0, 0.1) is 0 Å². The second-order valence-corrected chi connectivity index (χ2v) is 2.60. The molecule has 0 atom stereocenters. The van der Waals surface area contributed by atoms with Gasteiger partial charge in [0.05, 0.1) is 12.8 Å². The molecule has 0 spiro atoms. The molecule has 1 rings (SSSR count). The zero-order valence-electron chi connectivity index (χ0n) is 7.28. The first-order chi connectivity index (χ1) is 6.18. The number of furan rings is 1. The highest BCUT2D eigenvalue weighted by Gasteiger charge is 1.96. The van der Waals surface area contributed by atoms with Gasteiger partial charge in [0.2, 0.25) is 0 Å². The fraction of sp³-hybridized carbons (Fsp3) is 0.222. The maximum Gasteiger partial charge on any atom is 0.330 e. The first-order valence-electron chi connectivity index (χ1n) is 3.86. The smallest absolute Gasteiger partial charge is 0.330 e. The van der Waals surface area contributed by atoms with E-state index in [4.69, 9.17) is 9.52 Å². The van der Waals surface area contributed by atoms with E-state index in [1.807, 2.05) is 6.07 Å². The van der Waals surface area contributed by atoms with Crippen molar-refractivity contribution in [2.75, 3.05) is 0 Å².